The summed E-state index contributed by atoms with van der Waals surface area (Å²) in [5.74, 6) is 0. The van der Waals surface area contributed by atoms with E-state index >= 15 is 0 Å². The first-order valence-corrected chi connectivity index (χ1v) is 8.65. The maximum atomic E-state index is 5.26. The normalized spacial score (nSPS) is 25.4. The zero-order chi connectivity index (χ0) is 9.80. The third-order valence-electron chi connectivity index (χ3n) is 1.43. The Bertz CT molecular complexity index is 327. The Morgan fingerprint density at radius 3 is 1.86 bits per heavy atom. The van der Waals surface area contributed by atoms with E-state index in [0.29, 0.717) is 0 Å². The standard InChI is InChI=1S/C9H6S5/c10-7(5-8-1-3-11-13-8)6-9-2-4-12-14-9/h1-6H. The van der Waals surface area contributed by atoms with Gasteiger partial charge in [0.05, 0.1) is 0 Å². The first-order valence-electron chi connectivity index (χ1n) is 3.82. The van der Waals surface area contributed by atoms with Gasteiger partial charge >= 0.3 is 0 Å². The van der Waals surface area contributed by atoms with E-state index in [1.807, 2.05) is 12.2 Å². The Morgan fingerprint density at radius 2 is 1.50 bits per heavy atom. The fourth-order valence-corrected chi connectivity index (χ4v) is 4.74. The molecule has 2 rings (SSSR count). The lowest BCUT2D eigenvalue weighted by Gasteiger charge is -1.93. The van der Waals surface area contributed by atoms with Crippen molar-refractivity contribution < 1.29 is 0 Å². The molecule has 5 heteroatoms. The molecule has 72 valence electrons. The zero-order valence-corrected chi connectivity index (χ0v) is 11.1. The predicted octanol–water partition coefficient (Wildman–Crippen LogP) is 4.94. The fraction of sp³-hybridized carbons (Fsp3) is 0. The molecular formula is C9H6S5. The number of thiocarbonyl (C=S) groups is 1. The van der Waals surface area contributed by atoms with Crippen molar-refractivity contribution in [1.82, 2.24) is 0 Å². The fourth-order valence-electron chi connectivity index (χ4n) is 0.878. The van der Waals surface area contributed by atoms with Crippen molar-refractivity contribution in [3.8, 4) is 0 Å². The molecule has 0 amide bonds. The topological polar surface area (TPSA) is 0 Å². The highest BCUT2D eigenvalue weighted by atomic mass is 33.1. The summed E-state index contributed by atoms with van der Waals surface area (Å²) in [6.07, 6.45) is 8.26. The van der Waals surface area contributed by atoms with Gasteiger partial charge in [-0.25, -0.2) is 0 Å². The van der Waals surface area contributed by atoms with Gasteiger partial charge in [0.25, 0.3) is 0 Å². The minimum atomic E-state index is 0.898. The molecule has 0 saturated heterocycles. The molecule has 14 heavy (non-hydrogen) atoms. The third kappa shape index (κ3) is 3.24. The molecular weight excluding hydrogens is 268 g/mol. The molecule has 0 aliphatic carbocycles. The van der Waals surface area contributed by atoms with Gasteiger partial charge < -0.3 is 0 Å². The summed E-state index contributed by atoms with van der Waals surface area (Å²) in [5, 5.41) is 4.15. The molecule has 0 N–H and O–H groups in total. The van der Waals surface area contributed by atoms with Crippen LogP contribution in [0.25, 0.3) is 0 Å². The van der Waals surface area contributed by atoms with Gasteiger partial charge in [-0.3, -0.25) is 0 Å². The zero-order valence-electron chi connectivity index (χ0n) is 7.01. The van der Waals surface area contributed by atoms with Crippen molar-refractivity contribution in [3.63, 3.8) is 0 Å². The number of hydrogen-bond donors (Lipinski definition) is 0. The van der Waals surface area contributed by atoms with Crippen molar-refractivity contribution >= 4 is 60.3 Å². The van der Waals surface area contributed by atoms with Gasteiger partial charge in [-0.1, -0.05) is 55.4 Å². The van der Waals surface area contributed by atoms with Crippen LogP contribution < -0.4 is 0 Å². The second kappa shape index (κ2) is 5.51. The average molecular weight is 274 g/mol. The van der Waals surface area contributed by atoms with Crippen molar-refractivity contribution in [2.75, 3.05) is 0 Å². The van der Waals surface area contributed by atoms with Crippen molar-refractivity contribution in [1.29, 1.82) is 0 Å². The average Bonchev–Trinajstić information content (AvgIpc) is 2.76. The Kier molecular flexibility index (Phi) is 4.31. The lowest BCUT2D eigenvalue weighted by molar-refractivity contribution is 1.96. The maximum absolute atomic E-state index is 5.26. The largest absolute Gasteiger partial charge is 0.0800 e. The summed E-state index contributed by atoms with van der Waals surface area (Å²) in [5.41, 5.74) is 0. The van der Waals surface area contributed by atoms with Gasteiger partial charge in [0.1, 0.15) is 0 Å². The Labute approximate surface area is 105 Å². The van der Waals surface area contributed by atoms with E-state index in [-0.39, 0.29) is 0 Å². The molecule has 2 heterocycles. The monoisotopic (exact) mass is 274 g/mol. The van der Waals surface area contributed by atoms with Gasteiger partial charge in [-0.15, -0.1) is 0 Å². The molecule has 0 fully saturated rings. The predicted molar refractivity (Wildman–Crippen MR) is 77.4 cm³/mol. The molecule has 0 atom stereocenters. The molecule has 0 unspecified atom stereocenters. The van der Waals surface area contributed by atoms with Crippen LogP contribution in [0.2, 0.25) is 0 Å². The first kappa shape index (κ1) is 11.0. The summed E-state index contributed by atoms with van der Waals surface area (Å²) < 4.78 is 0. The van der Waals surface area contributed by atoms with Crippen LogP contribution in [-0.4, -0.2) is 4.86 Å². The highest BCUT2D eigenvalue weighted by Crippen LogP contribution is 2.40. The van der Waals surface area contributed by atoms with Crippen LogP contribution in [0.4, 0.5) is 0 Å². The van der Waals surface area contributed by atoms with E-state index in [9.17, 15) is 0 Å². The van der Waals surface area contributed by atoms with E-state index < -0.39 is 0 Å². The summed E-state index contributed by atoms with van der Waals surface area (Å²) in [6.45, 7) is 0. The summed E-state index contributed by atoms with van der Waals surface area (Å²) in [6, 6.07) is 0. The SMILES string of the molecule is S=C(C=C1C=CSS1)C=C1C=CSS1. The Morgan fingerprint density at radius 1 is 1.00 bits per heavy atom. The third-order valence-corrected chi connectivity index (χ3v) is 5.65. The molecule has 0 spiro atoms. The highest BCUT2D eigenvalue weighted by molar-refractivity contribution is 8.80. The number of rotatable bonds is 2. The molecule has 0 bridgehead atoms. The van der Waals surface area contributed by atoms with Crippen LogP contribution in [0.1, 0.15) is 0 Å². The van der Waals surface area contributed by atoms with E-state index in [1.54, 1.807) is 43.2 Å². The van der Waals surface area contributed by atoms with E-state index in [4.69, 9.17) is 12.2 Å². The van der Waals surface area contributed by atoms with Gasteiger partial charge in [0.2, 0.25) is 0 Å². The van der Waals surface area contributed by atoms with Crippen LogP contribution in [0.5, 0.6) is 0 Å². The lowest BCUT2D eigenvalue weighted by atomic mass is 10.3. The van der Waals surface area contributed by atoms with Crippen LogP contribution in [-0.2, 0) is 0 Å². The molecule has 2 aliphatic rings. The molecule has 0 nitrogen and oxygen atoms in total. The van der Waals surface area contributed by atoms with Gasteiger partial charge in [0, 0.05) is 14.7 Å². The molecule has 0 aromatic carbocycles. The van der Waals surface area contributed by atoms with Crippen molar-refractivity contribution in [2.24, 2.45) is 0 Å². The summed E-state index contributed by atoms with van der Waals surface area (Å²) in [7, 11) is 6.96. The number of hydrogen-bond acceptors (Lipinski definition) is 5. The molecule has 0 radical (unpaired) electrons. The second-order valence-electron chi connectivity index (χ2n) is 2.46. The van der Waals surface area contributed by atoms with Crippen LogP contribution in [0.15, 0.2) is 44.9 Å². The number of allylic oxidation sites excluding steroid dienone is 4. The summed E-state index contributed by atoms with van der Waals surface area (Å²) in [4.78, 5) is 3.36. The maximum Gasteiger partial charge on any atom is 0.0399 e. The smallest absolute Gasteiger partial charge is 0.0399 e. The van der Waals surface area contributed by atoms with E-state index in [1.165, 1.54) is 9.81 Å². The lowest BCUT2D eigenvalue weighted by Crippen LogP contribution is -1.83. The minimum Gasteiger partial charge on any atom is -0.0800 e. The van der Waals surface area contributed by atoms with Crippen LogP contribution in [0, 0.1) is 0 Å². The quantitative estimate of drug-likeness (QED) is 0.396. The van der Waals surface area contributed by atoms with E-state index in [2.05, 4.69) is 23.0 Å². The van der Waals surface area contributed by atoms with Crippen molar-refractivity contribution in [2.45, 2.75) is 0 Å². The van der Waals surface area contributed by atoms with Crippen LogP contribution >= 0.6 is 55.4 Å². The van der Waals surface area contributed by atoms with Gasteiger partial charge in [-0.05, 0) is 35.1 Å². The van der Waals surface area contributed by atoms with Crippen LogP contribution in [0.3, 0.4) is 0 Å². The van der Waals surface area contributed by atoms with Crippen molar-refractivity contribution in [3.05, 3.63) is 44.9 Å². The molecule has 0 aromatic rings. The minimum absolute atomic E-state index is 0.898. The van der Waals surface area contributed by atoms with E-state index in [0.717, 1.165) is 4.86 Å². The summed E-state index contributed by atoms with van der Waals surface area (Å²) >= 11 is 5.26. The molecule has 0 saturated carbocycles. The molecule has 2 aliphatic heterocycles. The highest BCUT2D eigenvalue weighted by Gasteiger charge is 2.04. The first-order chi connectivity index (χ1) is 6.84. The second-order valence-corrected chi connectivity index (χ2v) is 7.29. The van der Waals surface area contributed by atoms with Gasteiger partial charge in [0.15, 0.2) is 0 Å². The molecule has 0 aromatic heterocycles. The van der Waals surface area contributed by atoms with Gasteiger partial charge in [-0.2, -0.15) is 0 Å². The Hall–Kier alpha value is 0.450. The Balaban J connectivity index is 2.02.